The molecule has 0 amide bonds. The highest BCUT2D eigenvalue weighted by Crippen LogP contribution is 2.28. The number of hydrogen-bond donors (Lipinski definition) is 0. The van der Waals surface area contributed by atoms with Gasteiger partial charge >= 0.3 is 0 Å². The van der Waals surface area contributed by atoms with Crippen molar-refractivity contribution >= 4 is 33.3 Å². The van der Waals surface area contributed by atoms with E-state index in [0.29, 0.717) is 11.1 Å². The molecule has 0 saturated carbocycles. The molecule has 1 atom stereocenters. The summed E-state index contributed by atoms with van der Waals surface area (Å²) in [7, 11) is 0. The summed E-state index contributed by atoms with van der Waals surface area (Å²) in [5.74, 6) is 0.997. The number of halogens is 2. The zero-order valence-electron chi connectivity index (χ0n) is 10.2. The summed E-state index contributed by atoms with van der Waals surface area (Å²) in [6.45, 7) is 8.72. The fourth-order valence-electron chi connectivity index (χ4n) is 2.30. The molecule has 0 aliphatic carbocycles. The topological polar surface area (TPSA) is 19.4 Å². The summed E-state index contributed by atoms with van der Waals surface area (Å²) in [6.07, 6.45) is 1.71. The standard InChI is InChI=1S/C12H17BrClN3/c1-3-16-4-5-17(8-9(16)2)12-11(13)6-10(14)7-15-12/h6-7,9H,3-5,8H2,1-2H3. The van der Waals surface area contributed by atoms with E-state index < -0.39 is 0 Å². The molecule has 2 rings (SSSR count). The maximum Gasteiger partial charge on any atom is 0.143 e. The first-order valence-corrected chi connectivity index (χ1v) is 7.09. The summed E-state index contributed by atoms with van der Waals surface area (Å²) in [5, 5.41) is 0.667. The molecule has 1 saturated heterocycles. The van der Waals surface area contributed by atoms with Crippen LogP contribution in [0.1, 0.15) is 13.8 Å². The third-order valence-corrected chi connectivity index (χ3v) is 4.05. The lowest BCUT2D eigenvalue weighted by Gasteiger charge is -2.40. The van der Waals surface area contributed by atoms with Crippen molar-refractivity contribution in [1.29, 1.82) is 0 Å². The molecule has 1 aromatic heterocycles. The molecule has 1 unspecified atom stereocenters. The molecule has 1 aliphatic rings. The van der Waals surface area contributed by atoms with Gasteiger partial charge in [-0.05, 0) is 35.5 Å². The smallest absolute Gasteiger partial charge is 0.143 e. The van der Waals surface area contributed by atoms with E-state index in [2.05, 4.69) is 44.6 Å². The first-order valence-electron chi connectivity index (χ1n) is 5.92. The van der Waals surface area contributed by atoms with Gasteiger partial charge in [0.15, 0.2) is 0 Å². The van der Waals surface area contributed by atoms with Crippen LogP contribution < -0.4 is 4.90 Å². The van der Waals surface area contributed by atoms with E-state index in [4.69, 9.17) is 11.6 Å². The Morgan fingerprint density at radius 2 is 2.29 bits per heavy atom. The summed E-state index contributed by atoms with van der Waals surface area (Å²) >= 11 is 9.44. The second-order valence-corrected chi connectivity index (χ2v) is 5.67. The predicted octanol–water partition coefficient (Wildman–Crippen LogP) is 3.03. The quantitative estimate of drug-likeness (QED) is 0.835. The number of nitrogens with zero attached hydrogens (tertiary/aromatic N) is 3. The van der Waals surface area contributed by atoms with Gasteiger partial charge < -0.3 is 4.90 Å². The van der Waals surface area contributed by atoms with Crippen LogP contribution >= 0.6 is 27.5 Å². The highest BCUT2D eigenvalue weighted by molar-refractivity contribution is 9.10. The highest BCUT2D eigenvalue weighted by atomic mass is 79.9. The molecule has 3 nitrogen and oxygen atoms in total. The van der Waals surface area contributed by atoms with E-state index >= 15 is 0 Å². The zero-order chi connectivity index (χ0) is 12.4. The van der Waals surface area contributed by atoms with Crippen molar-refractivity contribution in [1.82, 2.24) is 9.88 Å². The summed E-state index contributed by atoms with van der Waals surface area (Å²) < 4.78 is 0.974. The average molecular weight is 319 g/mol. The van der Waals surface area contributed by atoms with Gasteiger partial charge in [0.2, 0.25) is 0 Å². The number of likely N-dealkylation sites (N-methyl/N-ethyl adjacent to an activating group) is 1. The Kier molecular flexibility index (Phi) is 4.28. The third kappa shape index (κ3) is 2.92. The van der Waals surface area contributed by atoms with E-state index in [-0.39, 0.29) is 0 Å². The third-order valence-electron chi connectivity index (χ3n) is 3.26. The van der Waals surface area contributed by atoms with Gasteiger partial charge in [0.1, 0.15) is 5.82 Å². The van der Waals surface area contributed by atoms with Crippen LogP contribution in [0.15, 0.2) is 16.7 Å². The highest BCUT2D eigenvalue weighted by Gasteiger charge is 2.24. The fraction of sp³-hybridized carbons (Fsp3) is 0.583. The summed E-state index contributed by atoms with van der Waals surface area (Å²) in [5.41, 5.74) is 0. The number of piperazine rings is 1. The second kappa shape index (κ2) is 5.55. The van der Waals surface area contributed by atoms with Gasteiger partial charge in [-0.3, -0.25) is 4.90 Å². The van der Waals surface area contributed by atoms with E-state index in [0.717, 1.165) is 36.5 Å². The molecule has 94 valence electrons. The van der Waals surface area contributed by atoms with Crippen molar-refractivity contribution in [2.75, 3.05) is 31.1 Å². The lowest BCUT2D eigenvalue weighted by molar-refractivity contribution is 0.199. The van der Waals surface area contributed by atoms with Gasteiger partial charge in [0.05, 0.1) is 9.50 Å². The van der Waals surface area contributed by atoms with Crippen LogP contribution in [0.3, 0.4) is 0 Å². The molecule has 5 heteroatoms. The van der Waals surface area contributed by atoms with Crippen LogP contribution in [-0.2, 0) is 0 Å². The van der Waals surface area contributed by atoms with Crippen molar-refractivity contribution < 1.29 is 0 Å². The Labute approximate surface area is 116 Å². The molecule has 2 heterocycles. The molecular weight excluding hydrogens is 302 g/mol. The number of pyridine rings is 1. The van der Waals surface area contributed by atoms with Gasteiger partial charge in [-0.15, -0.1) is 0 Å². The zero-order valence-corrected chi connectivity index (χ0v) is 12.5. The molecule has 1 fully saturated rings. The SMILES string of the molecule is CCN1CCN(c2ncc(Cl)cc2Br)CC1C. The Morgan fingerprint density at radius 3 is 2.88 bits per heavy atom. The van der Waals surface area contributed by atoms with E-state index in [1.54, 1.807) is 6.20 Å². The molecular formula is C12H17BrClN3. The summed E-state index contributed by atoms with van der Waals surface area (Å²) in [6, 6.07) is 2.47. The molecule has 0 spiro atoms. The van der Waals surface area contributed by atoms with E-state index in [9.17, 15) is 0 Å². The number of hydrogen-bond acceptors (Lipinski definition) is 3. The van der Waals surface area contributed by atoms with Crippen molar-refractivity contribution in [2.24, 2.45) is 0 Å². The van der Waals surface area contributed by atoms with Crippen molar-refractivity contribution in [2.45, 2.75) is 19.9 Å². The Balaban J connectivity index is 2.14. The van der Waals surface area contributed by atoms with Crippen LogP contribution in [0.4, 0.5) is 5.82 Å². The summed E-state index contributed by atoms with van der Waals surface area (Å²) in [4.78, 5) is 9.22. The van der Waals surface area contributed by atoms with Gasteiger partial charge in [0.25, 0.3) is 0 Å². The lowest BCUT2D eigenvalue weighted by atomic mass is 10.2. The Hall–Kier alpha value is -0.320. The molecule has 0 bridgehead atoms. The number of anilines is 1. The number of aromatic nitrogens is 1. The van der Waals surface area contributed by atoms with Crippen LogP contribution in [0.5, 0.6) is 0 Å². The largest absolute Gasteiger partial charge is 0.353 e. The molecule has 0 aromatic carbocycles. The monoisotopic (exact) mass is 317 g/mol. The van der Waals surface area contributed by atoms with Crippen molar-refractivity contribution in [3.05, 3.63) is 21.8 Å². The predicted molar refractivity (Wildman–Crippen MR) is 75.9 cm³/mol. The Bertz CT molecular complexity index is 399. The van der Waals surface area contributed by atoms with Gasteiger partial charge in [-0.25, -0.2) is 4.98 Å². The van der Waals surface area contributed by atoms with Gasteiger partial charge in [0, 0.05) is 31.9 Å². The van der Waals surface area contributed by atoms with Gasteiger partial charge in [-0.2, -0.15) is 0 Å². The van der Waals surface area contributed by atoms with Crippen LogP contribution in [-0.4, -0.2) is 42.1 Å². The molecule has 0 N–H and O–H groups in total. The average Bonchev–Trinajstić information content (AvgIpc) is 2.29. The van der Waals surface area contributed by atoms with Crippen molar-refractivity contribution in [3.63, 3.8) is 0 Å². The second-order valence-electron chi connectivity index (χ2n) is 4.38. The van der Waals surface area contributed by atoms with Crippen LogP contribution in [0.2, 0.25) is 5.02 Å². The minimum absolute atomic E-state index is 0.568. The molecule has 0 radical (unpaired) electrons. The van der Waals surface area contributed by atoms with Crippen LogP contribution in [0.25, 0.3) is 0 Å². The first-order chi connectivity index (χ1) is 8.11. The minimum Gasteiger partial charge on any atom is -0.353 e. The lowest BCUT2D eigenvalue weighted by Crippen LogP contribution is -2.52. The van der Waals surface area contributed by atoms with E-state index in [1.165, 1.54) is 0 Å². The van der Waals surface area contributed by atoms with Crippen molar-refractivity contribution in [3.8, 4) is 0 Å². The minimum atomic E-state index is 0.568. The molecule has 1 aromatic rings. The van der Waals surface area contributed by atoms with Crippen LogP contribution in [0, 0.1) is 0 Å². The Morgan fingerprint density at radius 1 is 1.53 bits per heavy atom. The first kappa shape index (κ1) is 13.1. The normalized spacial score (nSPS) is 21.9. The molecule has 1 aliphatic heterocycles. The number of rotatable bonds is 2. The van der Waals surface area contributed by atoms with E-state index in [1.807, 2.05) is 6.07 Å². The maximum atomic E-state index is 5.91. The molecule has 17 heavy (non-hydrogen) atoms. The van der Waals surface area contributed by atoms with Gasteiger partial charge in [-0.1, -0.05) is 18.5 Å². The maximum absolute atomic E-state index is 5.91. The fourth-order valence-corrected chi connectivity index (χ4v) is 3.19.